The Hall–Kier alpha value is -1.62. The van der Waals surface area contributed by atoms with Gasteiger partial charge in [0.1, 0.15) is 0 Å². The average Bonchev–Trinajstić information content (AvgIpc) is 2.34. The third kappa shape index (κ3) is 2.94. The van der Waals surface area contributed by atoms with Gasteiger partial charge in [-0.2, -0.15) is 0 Å². The molecule has 0 saturated carbocycles. The van der Waals surface area contributed by atoms with Crippen LogP contribution >= 0.6 is 15.9 Å². The van der Waals surface area contributed by atoms with Gasteiger partial charge in [-0.15, -0.1) is 0 Å². The number of nitrogens with zero attached hydrogens (tertiary/aromatic N) is 2. The zero-order chi connectivity index (χ0) is 12.3. The van der Waals surface area contributed by atoms with Crippen molar-refractivity contribution in [3.63, 3.8) is 0 Å². The van der Waals surface area contributed by atoms with Gasteiger partial charge in [0.25, 0.3) is 0 Å². The second-order valence-electron chi connectivity index (χ2n) is 3.70. The third-order valence-corrected chi connectivity index (χ3v) is 2.98. The van der Waals surface area contributed by atoms with Gasteiger partial charge in [-0.1, -0.05) is 6.07 Å². The maximum atomic E-state index is 11.4. The molecule has 2 heterocycles. The van der Waals surface area contributed by atoms with E-state index in [4.69, 9.17) is 5.73 Å². The van der Waals surface area contributed by atoms with Gasteiger partial charge in [0.15, 0.2) is 0 Å². The zero-order valence-corrected chi connectivity index (χ0v) is 10.7. The van der Waals surface area contributed by atoms with Crippen LogP contribution in [-0.2, 0) is 13.0 Å². The van der Waals surface area contributed by atoms with Crippen LogP contribution in [0.4, 0.5) is 5.69 Å². The fraction of sp³-hybridized carbons (Fsp3) is 0.167. The Labute approximate surface area is 107 Å². The topological polar surface area (TPSA) is 60.9 Å². The molecule has 0 saturated heterocycles. The lowest BCUT2D eigenvalue weighted by molar-refractivity contribution is 0.679. The molecule has 0 radical (unpaired) electrons. The first-order chi connectivity index (χ1) is 8.16. The fourth-order valence-corrected chi connectivity index (χ4v) is 2.03. The van der Waals surface area contributed by atoms with Crippen LogP contribution in [0.2, 0.25) is 0 Å². The molecule has 2 aromatic rings. The summed E-state index contributed by atoms with van der Waals surface area (Å²) in [5.74, 6) is 0. The predicted octanol–water partition coefficient (Wildman–Crippen LogP) is 1.83. The number of nitrogen functional groups attached to an aromatic ring is 1. The van der Waals surface area contributed by atoms with Crippen molar-refractivity contribution in [1.29, 1.82) is 0 Å². The lowest BCUT2D eigenvalue weighted by Crippen LogP contribution is -2.14. The van der Waals surface area contributed by atoms with E-state index in [0.717, 1.165) is 18.7 Å². The Morgan fingerprint density at radius 1 is 1.35 bits per heavy atom. The first-order valence-corrected chi connectivity index (χ1v) is 6.01. The Balaban J connectivity index is 2.13. The van der Waals surface area contributed by atoms with E-state index >= 15 is 0 Å². The Bertz CT molecular complexity index is 539. The summed E-state index contributed by atoms with van der Waals surface area (Å²) in [7, 11) is 0. The number of halogens is 1. The van der Waals surface area contributed by atoms with Crippen molar-refractivity contribution in [3.05, 3.63) is 57.2 Å². The van der Waals surface area contributed by atoms with E-state index in [1.807, 2.05) is 22.8 Å². The Kier molecular flexibility index (Phi) is 3.58. The molecule has 0 aromatic carbocycles. The number of pyridine rings is 2. The smallest absolute Gasteiger partial charge is 0.218 e. The first-order valence-electron chi connectivity index (χ1n) is 5.22. The van der Waals surface area contributed by atoms with Gasteiger partial charge in [-0.3, -0.25) is 9.78 Å². The molecule has 0 aliphatic heterocycles. The number of anilines is 1. The van der Waals surface area contributed by atoms with Gasteiger partial charge in [0, 0.05) is 37.3 Å². The van der Waals surface area contributed by atoms with Gasteiger partial charge >= 0.3 is 0 Å². The van der Waals surface area contributed by atoms with Crippen LogP contribution in [0.1, 0.15) is 5.69 Å². The van der Waals surface area contributed by atoms with E-state index in [-0.39, 0.29) is 11.1 Å². The number of hydrogen-bond acceptors (Lipinski definition) is 3. The average molecular weight is 294 g/mol. The molecule has 5 heteroatoms. The second kappa shape index (κ2) is 5.14. The first kappa shape index (κ1) is 11.9. The lowest BCUT2D eigenvalue weighted by Gasteiger charge is -2.07. The number of hydrogen-bond donors (Lipinski definition) is 1. The van der Waals surface area contributed by atoms with E-state index < -0.39 is 0 Å². The highest BCUT2D eigenvalue weighted by atomic mass is 79.9. The van der Waals surface area contributed by atoms with Gasteiger partial charge in [0.05, 0.1) is 10.2 Å². The maximum absolute atomic E-state index is 11.4. The molecule has 0 aliphatic rings. The van der Waals surface area contributed by atoms with E-state index in [1.54, 1.807) is 18.6 Å². The molecule has 0 unspecified atom stereocenters. The number of aryl methyl sites for hydroxylation is 2. The molecule has 0 bridgehead atoms. The minimum absolute atomic E-state index is 0.168. The highest BCUT2D eigenvalue weighted by Crippen LogP contribution is 2.07. The number of aromatic nitrogens is 2. The Morgan fingerprint density at radius 2 is 2.18 bits per heavy atom. The summed E-state index contributed by atoms with van der Waals surface area (Å²) in [5, 5.41) is 0. The van der Waals surface area contributed by atoms with Crippen molar-refractivity contribution in [2.24, 2.45) is 0 Å². The molecule has 88 valence electrons. The van der Waals surface area contributed by atoms with Crippen LogP contribution in [-0.4, -0.2) is 9.55 Å². The van der Waals surface area contributed by atoms with Crippen LogP contribution in [0.5, 0.6) is 0 Å². The third-order valence-electron chi connectivity index (χ3n) is 2.42. The lowest BCUT2D eigenvalue weighted by atomic mass is 10.2. The number of nitrogens with two attached hydrogens (primary N) is 1. The largest absolute Gasteiger partial charge is 0.394 e. The summed E-state index contributed by atoms with van der Waals surface area (Å²) in [4.78, 5) is 15.6. The fourth-order valence-electron chi connectivity index (χ4n) is 1.54. The van der Waals surface area contributed by atoms with Crippen molar-refractivity contribution in [1.82, 2.24) is 9.55 Å². The van der Waals surface area contributed by atoms with Crippen molar-refractivity contribution < 1.29 is 0 Å². The van der Waals surface area contributed by atoms with Gasteiger partial charge in [0.2, 0.25) is 5.43 Å². The molecular weight excluding hydrogens is 282 g/mol. The second-order valence-corrected chi connectivity index (χ2v) is 4.55. The molecule has 0 amide bonds. The molecular formula is C12H12BrN3O. The van der Waals surface area contributed by atoms with Gasteiger partial charge in [-0.25, -0.2) is 0 Å². The van der Waals surface area contributed by atoms with E-state index in [0.29, 0.717) is 4.47 Å². The molecule has 0 spiro atoms. The highest BCUT2D eigenvalue weighted by molar-refractivity contribution is 9.10. The molecule has 17 heavy (non-hydrogen) atoms. The van der Waals surface area contributed by atoms with Crippen molar-refractivity contribution in [2.75, 3.05) is 5.73 Å². The maximum Gasteiger partial charge on any atom is 0.218 e. The standard InChI is InChI=1S/C12H12BrN3O/c13-10-7-16(8-11(14)12(10)17)6-4-9-3-1-2-5-15-9/h1-3,5,7-8H,4,6,14H2. The molecule has 2 rings (SSSR count). The summed E-state index contributed by atoms with van der Waals surface area (Å²) in [6.07, 6.45) is 5.96. The minimum Gasteiger partial charge on any atom is -0.394 e. The van der Waals surface area contributed by atoms with Crippen LogP contribution in [0.3, 0.4) is 0 Å². The molecule has 0 aliphatic carbocycles. The molecule has 0 atom stereocenters. The summed E-state index contributed by atoms with van der Waals surface area (Å²) in [6, 6.07) is 5.82. The zero-order valence-electron chi connectivity index (χ0n) is 9.14. The van der Waals surface area contributed by atoms with E-state index in [9.17, 15) is 4.79 Å². The quantitative estimate of drug-likeness (QED) is 0.939. The van der Waals surface area contributed by atoms with Crippen LogP contribution in [0, 0.1) is 0 Å². The molecule has 0 fully saturated rings. The van der Waals surface area contributed by atoms with Crippen molar-refractivity contribution in [3.8, 4) is 0 Å². The van der Waals surface area contributed by atoms with E-state index in [1.165, 1.54) is 0 Å². The monoisotopic (exact) mass is 293 g/mol. The van der Waals surface area contributed by atoms with Gasteiger partial charge in [-0.05, 0) is 28.1 Å². The molecule has 2 N–H and O–H groups in total. The highest BCUT2D eigenvalue weighted by Gasteiger charge is 2.02. The summed E-state index contributed by atoms with van der Waals surface area (Å²) in [5.41, 5.74) is 6.71. The summed E-state index contributed by atoms with van der Waals surface area (Å²) >= 11 is 3.19. The normalized spacial score (nSPS) is 10.4. The minimum atomic E-state index is -0.168. The van der Waals surface area contributed by atoms with Crippen LogP contribution < -0.4 is 11.2 Å². The summed E-state index contributed by atoms with van der Waals surface area (Å²) < 4.78 is 2.37. The number of rotatable bonds is 3. The van der Waals surface area contributed by atoms with Gasteiger partial charge < -0.3 is 10.3 Å². The van der Waals surface area contributed by atoms with Crippen LogP contribution in [0.15, 0.2) is 46.1 Å². The predicted molar refractivity (Wildman–Crippen MR) is 70.8 cm³/mol. The van der Waals surface area contributed by atoms with Crippen LogP contribution in [0.25, 0.3) is 0 Å². The SMILES string of the molecule is Nc1cn(CCc2ccccn2)cc(Br)c1=O. The Morgan fingerprint density at radius 3 is 2.82 bits per heavy atom. The van der Waals surface area contributed by atoms with Crippen molar-refractivity contribution in [2.45, 2.75) is 13.0 Å². The van der Waals surface area contributed by atoms with E-state index in [2.05, 4.69) is 20.9 Å². The molecule has 4 nitrogen and oxygen atoms in total. The summed E-state index contributed by atoms with van der Waals surface area (Å²) in [6.45, 7) is 0.736. The molecule has 2 aromatic heterocycles. The van der Waals surface area contributed by atoms with Crippen molar-refractivity contribution >= 4 is 21.6 Å².